The highest BCUT2D eigenvalue weighted by molar-refractivity contribution is 5.78. The standard InChI is InChI=1S/C15H23NO/c1-3-16-13(2)12-15(17)11-7-10-14-8-5-4-6-9-14/h4-6,8-9,13,16H,3,7,10-12H2,1-2H3. The Morgan fingerprint density at radius 2 is 2.00 bits per heavy atom. The van der Waals surface area contributed by atoms with Gasteiger partial charge in [0.05, 0.1) is 0 Å². The van der Waals surface area contributed by atoms with Crippen LogP contribution in [0.5, 0.6) is 0 Å². The SMILES string of the molecule is CCNC(C)CC(=O)CCCc1ccccc1. The number of Topliss-reactive ketones (excluding diaryl/α,β-unsaturated/α-hetero) is 1. The highest BCUT2D eigenvalue weighted by Gasteiger charge is 2.07. The van der Waals surface area contributed by atoms with Gasteiger partial charge in [0.1, 0.15) is 5.78 Å². The van der Waals surface area contributed by atoms with Gasteiger partial charge in [0.15, 0.2) is 0 Å². The maximum atomic E-state index is 11.7. The molecule has 0 fully saturated rings. The van der Waals surface area contributed by atoms with Crippen molar-refractivity contribution in [3.8, 4) is 0 Å². The van der Waals surface area contributed by atoms with Crippen molar-refractivity contribution in [3.05, 3.63) is 35.9 Å². The molecule has 0 spiro atoms. The molecule has 1 aromatic carbocycles. The van der Waals surface area contributed by atoms with Gasteiger partial charge < -0.3 is 5.32 Å². The summed E-state index contributed by atoms with van der Waals surface area (Å²) in [5, 5.41) is 3.26. The van der Waals surface area contributed by atoms with Crippen molar-refractivity contribution in [2.24, 2.45) is 0 Å². The van der Waals surface area contributed by atoms with Crippen molar-refractivity contribution in [3.63, 3.8) is 0 Å². The lowest BCUT2D eigenvalue weighted by Gasteiger charge is -2.10. The number of ketones is 1. The van der Waals surface area contributed by atoms with Gasteiger partial charge in [-0.05, 0) is 31.9 Å². The molecule has 0 radical (unpaired) electrons. The Bertz CT molecular complexity index is 321. The first-order valence-corrected chi connectivity index (χ1v) is 6.51. The van der Waals surface area contributed by atoms with Gasteiger partial charge in [-0.1, -0.05) is 37.3 Å². The molecule has 2 heteroatoms. The third-order valence-corrected chi connectivity index (χ3v) is 2.85. The van der Waals surface area contributed by atoms with Crippen molar-refractivity contribution in [2.75, 3.05) is 6.54 Å². The van der Waals surface area contributed by atoms with Gasteiger partial charge in [-0.15, -0.1) is 0 Å². The number of carbonyl (C=O) groups excluding carboxylic acids is 1. The van der Waals surface area contributed by atoms with Crippen LogP contribution in [0, 0.1) is 0 Å². The molecule has 0 saturated carbocycles. The van der Waals surface area contributed by atoms with Crippen molar-refractivity contribution in [2.45, 2.75) is 45.6 Å². The maximum Gasteiger partial charge on any atom is 0.134 e. The molecule has 2 nitrogen and oxygen atoms in total. The second-order valence-electron chi connectivity index (χ2n) is 4.54. The third-order valence-electron chi connectivity index (χ3n) is 2.85. The Morgan fingerprint density at radius 1 is 1.29 bits per heavy atom. The van der Waals surface area contributed by atoms with Gasteiger partial charge >= 0.3 is 0 Å². The number of benzene rings is 1. The molecule has 0 heterocycles. The second-order valence-corrected chi connectivity index (χ2v) is 4.54. The number of carbonyl (C=O) groups is 1. The van der Waals surface area contributed by atoms with E-state index in [-0.39, 0.29) is 0 Å². The van der Waals surface area contributed by atoms with Gasteiger partial charge in [-0.2, -0.15) is 0 Å². The van der Waals surface area contributed by atoms with Crippen molar-refractivity contribution >= 4 is 5.78 Å². The van der Waals surface area contributed by atoms with Gasteiger partial charge in [0.25, 0.3) is 0 Å². The lowest BCUT2D eigenvalue weighted by molar-refractivity contribution is -0.119. The van der Waals surface area contributed by atoms with Crippen LogP contribution in [0.25, 0.3) is 0 Å². The molecule has 94 valence electrons. The summed E-state index contributed by atoms with van der Waals surface area (Å²) >= 11 is 0. The second kappa shape index (κ2) is 8.02. The number of hydrogen-bond donors (Lipinski definition) is 1. The van der Waals surface area contributed by atoms with E-state index < -0.39 is 0 Å². The van der Waals surface area contributed by atoms with Gasteiger partial charge in [-0.3, -0.25) is 4.79 Å². The van der Waals surface area contributed by atoms with Crippen molar-refractivity contribution < 1.29 is 4.79 Å². The lowest BCUT2D eigenvalue weighted by Crippen LogP contribution is -2.28. The first-order chi connectivity index (χ1) is 8.22. The predicted molar refractivity (Wildman–Crippen MR) is 72.1 cm³/mol. The Kier molecular flexibility index (Phi) is 6.56. The number of aryl methyl sites for hydroxylation is 1. The van der Waals surface area contributed by atoms with Crippen LogP contribution in [0.4, 0.5) is 0 Å². The summed E-state index contributed by atoms with van der Waals surface area (Å²) in [4.78, 5) is 11.7. The quantitative estimate of drug-likeness (QED) is 0.748. The fourth-order valence-electron chi connectivity index (χ4n) is 2.00. The zero-order chi connectivity index (χ0) is 12.5. The topological polar surface area (TPSA) is 29.1 Å². The van der Waals surface area contributed by atoms with Crippen molar-refractivity contribution in [1.82, 2.24) is 5.32 Å². The summed E-state index contributed by atoms with van der Waals surface area (Å²) in [6.45, 7) is 5.06. The average molecular weight is 233 g/mol. The number of rotatable bonds is 8. The molecule has 0 aliphatic carbocycles. The molecule has 17 heavy (non-hydrogen) atoms. The normalized spacial score (nSPS) is 12.4. The van der Waals surface area contributed by atoms with Crippen LogP contribution in [-0.2, 0) is 11.2 Å². The van der Waals surface area contributed by atoms with Gasteiger partial charge in [0, 0.05) is 18.9 Å². The largest absolute Gasteiger partial charge is 0.314 e. The summed E-state index contributed by atoms with van der Waals surface area (Å²) in [6.07, 6.45) is 3.32. The zero-order valence-electron chi connectivity index (χ0n) is 10.9. The molecule has 1 rings (SSSR count). The molecule has 0 aromatic heterocycles. The molecular formula is C15H23NO. The third kappa shape index (κ3) is 6.22. The molecule has 1 N–H and O–H groups in total. The fraction of sp³-hybridized carbons (Fsp3) is 0.533. The van der Waals surface area contributed by atoms with Crippen LogP contribution in [0.1, 0.15) is 38.7 Å². The maximum absolute atomic E-state index is 11.7. The van der Waals surface area contributed by atoms with Crippen molar-refractivity contribution in [1.29, 1.82) is 0 Å². The molecule has 0 aliphatic rings. The van der Waals surface area contributed by atoms with Gasteiger partial charge in [-0.25, -0.2) is 0 Å². The zero-order valence-corrected chi connectivity index (χ0v) is 10.9. The van der Waals surface area contributed by atoms with E-state index in [9.17, 15) is 4.79 Å². The first kappa shape index (κ1) is 13.9. The molecule has 1 aromatic rings. The predicted octanol–water partition coefficient (Wildman–Crippen LogP) is 2.97. The summed E-state index contributed by atoms with van der Waals surface area (Å²) < 4.78 is 0. The molecule has 1 atom stereocenters. The number of nitrogens with one attached hydrogen (secondary N) is 1. The molecular weight excluding hydrogens is 210 g/mol. The molecule has 0 aliphatic heterocycles. The van der Waals surface area contributed by atoms with Crippen LogP contribution in [0.3, 0.4) is 0 Å². The smallest absolute Gasteiger partial charge is 0.134 e. The Morgan fingerprint density at radius 3 is 2.65 bits per heavy atom. The van der Waals surface area contributed by atoms with Crippen LogP contribution in [-0.4, -0.2) is 18.4 Å². The average Bonchev–Trinajstić information content (AvgIpc) is 2.30. The van der Waals surface area contributed by atoms with E-state index >= 15 is 0 Å². The minimum Gasteiger partial charge on any atom is -0.314 e. The minimum atomic E-state index is 0.309. The molecule has 0 saturated heterocycles. The van der Waals surface area contributed by atoms with E-state index in [0.29, 0.717) is 24.7 Å². The van der Waals surface area contributed by atoms with Crippen LogP contribution in [0.2, 0.25) is 0 Å². The van der Waals surface area contributed by atoms with E-state index in [4.69, 9.17) is 0 Å². The number of hydrogen-bond acceptors (Lipinski definition) is 2. The first-order valence-electron chi connectivity index (χ1n) is 6.51. The highest BCUT2D eigenvalue weighted by atomic mass is 16.1. The van der Waals surface area contributed by atoms with Crippen LogP contribution >= 0.6 is 0 Å². The van der Waals surface area contributed by atoms with Crippen LogP contribution in [0.15, 0.2) is 30.3 Å². The van der Waals surface area contributed by atoms with E-state index in [1.54, 1.807) is 0 Å². The van der Waals surface area contributed by atoms with Gasteiger partial charge in [0.2, 0.25) is 0 Å². The Hall–Kier alpha value is -1.15. The van der Waals surface area contributed by atoms with E-state index in [1.807, 2.05) is 18.2 Å². The molecule has 0 amide bonds. The van der Waals surface area contributed by atoms with E-state index in [0.717, 1.165) is 19.4 Å². The lowest BCUT2D eigenvalue weighted by atomic mass is 10.0. The summed E-state index contributed by atoms with van der Waals surface area (Å²) in [6, 6.07) is 10.7. The molecule has 0 bridgehead atoms. The Balaban J connectivity index is 2.16. The monoisotopic (exact) mass is 233 g/mol. The van der Waals surface area contributed by atoms with Crippen LogP contribution < -0.4 is 5.32 Å². The highest BCUT2D eigenvalue weighted by Crippen LogP contribution is 2.06. The molecule has 1 unspecified atom stereocenters. The Labute approximate surface area is 104 Å². The summed E-state index contributed by atoms with van der Waals surface area (Å²) in [7, 11) is 0. The summed E-state index contributed by atoms with van der Waals surface area (Å²) in [5.74, 6) is 0.370. The summed E-state index contributed by atoms with van der Waals surface area (Å²) in [5.41, 5.74) is 1.32. The van der Waals surface area contributed by atoms with E-state index in [2.05, 4.69) is 31.3 Å². The fourth-order valence-corrected chi connectivity index (χ4v) is 2.00. The minimum absolute atomic E-state index is 0.309. The van der Waals surface area contributed by atoms with E-state index in [1.165, 1.54) is 5.56 Å².